The minimum Gasteiger partial charge on any atom is -0.388 e. The van der Waals surface area contributed by atoms with Gasteiger partial charge in [0.1, 0.15) is 5.76 Å². The van der Waals surface area contributed by atoms with Crippen LogP contribution in [0.3, 0.4) is 0 Å². The van der Waals surface area contributed by atoms with Gasteiger partial charge in [0.15, 0.2) is 0 Å². The summed E-state index contributed by atoms with van der Waals surface area (Å²) in [4.78, 5) is 12.1. The van der Waals surface area contributed by atoms with Crippen LogP contribution in [-0.4, -0.2) is 28.4 Å². The third kappa shape index (κ3) is 6.22. The van der Waals surface area contributed by atoms with Crippen LogP contribution in [0.2, 0.25) is 0 Å². The Morgan fingerprint density at radius 1 is 1.39 bits per heavy atom. The summed E-state index contributed by atoms with van der Waals surface area (Å²) < 4.78 is 5.17. The average molecular weight is 325 g/mol. The Hall–Kier alpha value is -1.56. The van der Waals surface area contributed by atoms with Gasteiger partial charge in [-0.15, -0.1) is 0 Å². The Morgan fingerprint density at radius 2 is 2.04 bits per heavy atom. The van der Waals surface area contributed by atoms with E-state index in [1.165, 1.54) is 0 Å². The Bertz CT molecular complexity index is 490. The third-order valence-electron chi connectivity index (χ3n) is 4.04. The van der Waals surface area contributed by atoms with Crippen molar-refractivity contribution in [1.29, 1.82) is 0 Å². The molecule has 6 heteroatoms. The summed E-state index contributed by atoms with van der Waals surface area (Å²) in [7, 11) is 0. The lowest BCUT2D eigenvalue weighted by atomic mass is 9.95. The number of amides is 2. The highest BCUT2D eigenvalue weighted by atomic mass is 16.5. The monoisotopic (exact) mass is 325 g/mol. The van der Waals surface area contributed by atoms with Crippen molar-refractivity contribution in [2.24, 2.45) is 5.92 Å². The number of hydrogen-bond donors (Lipinski definition) is 3. The molecule has 0 aromatic carbocycles. The number of aliphatic hydroxyl groups is 1. The quantitative estimate of drug-likeness (QED) is 0.685. The van der Waals surface area contributed by atoms with Gasteiger partial charge in [0, 0.05) is 12.1 Å². The Morgan fingerprint density at radius 3 is 2.52 bits per heavy atom. The summed E-state index contributed by atoms with van der Waals surface area (Å²) >= 11 is 0. The van der Waals surface area contributed by atoms with Crippen molar-refractivity contribution in [2.45, 2.75) is 72.4 Å². The highest BCUT2D eigenvalue weighted by Gasteiger charge is 2.24. The van der Waals surface area contributed by atoms with Crippen molar-refractivity contribution in [3.63, 3.8) is 0 Å². The van der Waals surface area contributed by atoms with Crippen LogP contribution >= 0.6 is 0 Å². The van der Waals surface area contributed by atoms with Gasteiger partial charge in [-0.2, -0.15) is 0 Å². The van der Waals surface area contributed by atoms with E-state index in [9.17, 15) is 9.90 Å². The maximum absolute atomic E-state index is 12.1. The highest BCUT2D eigenvalue weighted by molar-refractivity contribution is 5.74. The zero-order valence-corrected chi connectivity index (χ0v) is 15.2. The summed E-state index contributed by atoms with van der Waals surface area (Å²) in [5.74, 6) is 1.25. The summed E-state index contributed by atoms with van der Waals surface area (Å²) in [5.41, 5.74) is 0.819. The minimum absolute atomic E-state index is 0.151. The van der Waals surface area contributed by atoms with Gasteiger partial charge < -0.3 is 20.3 Å². The van der Waals surface area contributed by atoms with E-state index in [2.05, 4.69) is 29.6 Å². The predicted molar refractivity (Wildman–Crippen MR) is 90.2 cm³/mol. The number of nitrogens with zero attached hydrogens (tertiary/aromatic N) is 1. The fourth-order valence-electron chi connectivity index (χ4n) is 2.53. The van der Waals surface area contributed by atoms with Crippen molar-refractivity contribution in [2.75, 3.05) is 6.54 Å². The van der Waals surface area contributed by atoms with Gasteiger partial charge in [-0.25, -0.2) is 4.79 Å². The summed E-state index contributed by atoms with van der Waals surface area (Å²) in [5, 5.41) is 19.9. The molecule has 23 heavy (non-hydrogen) atoms. The van der Waals surface area contributed by atoms with Crippen molar-refractivity contribution in [3.05, 3.63) is 17.0 Å². The molecule has 1 aromatic heterocycles. The highest BCUT2D eigenvalue weighted by Crippen LogP contribution is 2.23. The zero-order chi connectivity index (χ0) is 17.6. The van der Waals surface area contributed by atoms with Crippen LogP contribution in [0, 0.1) is 19.8 Å². The van der Waals surface area contributed by atoms with E-state index < -0.39 is 5.60 Å². The molecule has 1 rings (SSSR count). The molecular weight excluding hydrogens is 294 g/mol. The van der Waals surface area contributed by atoms with E-state index in [-0.39, 0.29) is 18.6 Å². The van der Waals surface area contributed by atoms with Crippen LogP contribution in [0.5, 0.6) is 0 Å². The van der Waals surface area contributed by atoms with Gasteiger partial charge in [0.25, 0.3) is 0 Å². The second-order valence-corrected chi connectivity index (χ2v) is 6.96. The van der Waals surface area contributed by atoms with Crippen LogP contribution in [0.15, 0.2) is 4.52 Å². The lowest BCUT2D eigenvalue weighted by Crippen LogP contribution is -2.45. The fraction of sp³-hybridized carbons (Fsp3) is 0.765. The summed E-state index contributed by atoms with van der Waals surface area (Å²) in [6, 6.07) is -0.441. The number of rotatable bonds is 8. The number of hydrogen-bond acceptors (Lipinski definition) is 4. The molecule has 0 aliphatic heterocycles. The first kappa shape index (κ1) is 19.5. The molecule has 0 bridgehead atoms. The maximum Gasteiger partial charge on any atom is 0.315 e. The molecule has 0 aliphatic rings. The van der Waals surface area contributed by atoms with Gasteiger partial charge >= 0.3 is 6.03 Å². The summed E-state index contributed by atoms with van der Waals surface area (Å²) in [6.45, 7) is 11.9. The van der Waals surface area contributed by atoms with Crippen LogP contribution in [0.1, 0.15) is 70.0 Å². The topological polar surface area (TPSA) is 87.4 Å². The first-order valence-electron chi connectivity index (χ1n) is 8.35. The second-order valence-electron chi connectivity index (χ2n) is 6.96. The molecule has 0 fully saturated rings. The third-order valence-corrected chi connectivity index (χ3v) is 4.04. The molecule has 0 spiro atoms. The predicted octanol–water partition coefficient (Wildman–Crippen LogP) is 3.23. The van der Waals surface area contributed by atoms with Gasteiger partial charge in [-0.3, -0.25) is 0 Å². The van der Waals surface area contributed by atoms with E-state index in [1.807, 2.05) is 20.8 Å². The maximum atomic E-state index is 12.1. The molecule has 2 atom stereocenters. The largest absolute Gasteiger partial charge is 0.388 e. The molecular formula is C17H31N3O3. The van der Waals surface area contributed by atoms with Crippen molar-refractivity contribution in [1.82, 2.24) is 15.8 Å². The lowest BCUT2D eigenvalue weighted by Gasteiger charge is -2.25. The lowest BCUT2D eigenvalue weighted by molar-refractivity contribution is 0.0475. The van der Waals surface area contributed by atoms with E-state index in [0.29, 0.717) is 12.3 Å². The molecule has 2 unspecified atom stereocenters. The van der Waals surface area contributed by atoms with E-state index >= 15 is 0 Å². The summed E-state index contributed by atoms with van der Waals surface area (Å²) in [6.07, 6.45) is 2.32. The molecule has 1 aromatic rings. The van der Waals surface area contributed by atoms with Crippen molar-refractivity contribution in [3.8, 4) is 0 Å². The van der Waals surface area contributed by atoms with Gasteiger partial charge in [-0.05, 0) is 46.0 Å². The fourth-order valence-corrected chi connectivity index (χ4v) is 2.53. The molecule has 6 nitrogen and oxygen atoms in total. The normalized spacial score (nSPS) is 15.3. The molecule has 132 valence electrons. The molecule has 0 saturated carbocycles. The van der Waals surface area contributed by atoms with Crippen LogP contribution in [0.25, 0.3) is 0 Å². The molecule has 1 heterocycles. The van der Waals surface area contributed by atoms with Gasteiger partial charge in [0.05, 0.1) is 17.3 Å². The van der Waals surface area contributed by atoms with Crippen LogP contribution in [0.4, 0.5) is 4.79 Å². The SMILES string of the molecule is CCC(NC(=O)NCC(C)(O)CCC(C)C)c1c(C)noc1C. The number of nitrogens with one attached hydrogen (secondary N) is 2. The minimum atomic E-state index is -0.896. The number of carbonyl (C=O) groups is 1. The zero-order valence-electron chi connectivity index (χ0n) is 15.2. The average Bonchev–Trinajstić information content (AvgIpc) is 2.80. The van der Waals surface area contributed by atoms with Crippen molar-refractivity contribution >= 4 is 6.03 Å². The number of aryl methyl sites for hydroxylation is 2. The first-order valence-corrected chi connectivity index (χ1v) is 8.35. The van der Waals surface area contributed by atoms with Gasteiger partial charge in [0.2, 0.25) is 0 Å². The molecule has 0 saturated heterocycles. The number of carbonyl (C=O) groups excluding carboxylic acids is 1. The molecule has 2 amide bonds. The Kier molecular flexibility index (Phi) is 7.06. The first-order chi connectivity index (χ1) is 10.7. The van der Waals surface area contributed by atoms with Crippen molar-refractivity contribution < 1.29 is 14.4 Å². The molecule has 0 aliphatic carbocycles. The molecule has 0 radical (unpaired) electrons. The van der Waals surface area contributed by atoms with E-state index in [1.54, 1.807) is 6.92 Å². The standard InChI is InChI=1S/C17H31N3O3/c1-7-14(15-12(4)20-23-13(15)5)19-16(21)18-10-17(6,22)9-8-11(2)3/h11,14,22H,7-10H2,1-6H3,(H2,18,19,21). The smallest absolute Gasteiger partial charge is 0.315 e. The van der Waals surface area contributed by atoms with Gasteiger partial charge in [-0.1, -0.05) is 25.9 Å². The van der Waals surface area contributed by atoms with E-state index in [4.69, 9.17) is 4.52 Å². The second kappa shape index (κ2) is 8.34. The number of urea groups is 1. The van der Waals surface area contributed by atoms with Crippen LogP contribution < -0.4 is 10.6 Å². The Balaban J connectivity index is 2.55. The molecule has 3 N–H and O–H groups in total. The number of aromatic nitrogens is 1. The van der Waals surface area contributed by atoms with E-state index in [0.717, 1.165) is 29.9 Å². The Labute approximate surface area is 139 Å². The van der Waals surface area contributed by atoms with Crippen LogP contribution in [-0.2, 0) is 0 Å².